The number of nitrogens with zero attached hydrogens (tertiary/aromatic N) is 1. The Balaban J connectivity index is 2.23. The average molecular weight is 178 g/mol. The zero-order valence-electron chi connectivity index (χ0n) is 7.03. The van der Waals surface area contributed by atoms with Crippen LogP contribution in [0.4, 0.5) is 5.69 Å². The molecule has 1 heterocycles. The van der Waals surface area contributed by atoms with Gasteiger partial charge >= 0.3 is 5.97 Å². The molecule has 0 spiro atoms. The zero-order chi connectivity index (χ0) is 9.26. The molecular weight excluding hydrogens is 168 g/mol. The van der Waals surface area contributed by atoms with Gasteiger partial charge in [0.15, 0.2) is 0 Å². The summed E-state index contributed by atoms with van der Waals surface area (Å²) in [4.78, 5) is 10.5. The van der Waals surface area contributed by atoms with Crippen molar-refractivity contribution in [1.82, 2.24) is 5.43 Å². The van der Waals surface area contributed by atoms with Crippen molar-refractivity contribution in [3.8, 4) is 0 Å². The number of carbonyl (C=O) groups is 1. The largest absolute Gasteiger partial charge is 0.480 e. The number of hydrogen-bond acceptors (Lipinski definition) is 3. The third-order valence-electron chi connectivity index (χ3n) is 2.04. The number of carboxylic acid groups (broad SMARTS) is 1. The molecule has 0 fully saturated rings. The fourth-order valence-electron chi connectivity index (χ4n) is 1.47. The second-order valence-electron chi connectivity index (χ2n) is 2.94. The summed E-state index contributed by atoms with van der Waals surface area (Å²) in [7, 11) is 0. The van der Waals surface area contributed by atoms with Gasteiger partial charge in [-0.25, -0.2) is 5.43 Å². The number of aliphatic carboxylic acids is 1. The van der Waals surface area contributed by atoms with Gasteiger partial charge in [0.2, 0.25) is 0 Å². The number of fused-ring (bicyclic) bond motifs is 1. The van der Waals surface area contributed by atoms with E-state index in [1.54, 1.807) is 5.01 Å². The van der Waals surface area contributed by atoms with Gasteiger partial charge in [-0.05, 0) is 11.6 Å². The second-order valence-corrected chi connectivity index (χ2v) is 2.94. The number of hydrazine groups is 1. The zero-order valence-corrected chi connectivity index (χ0v) is 7.03. The molecule has 0 aromatic heterocycles. The molecule has 0 amide bonds. The summed E-state index contributed by atoms with van der Waals surface area (Å²) >= 11 is 0. The Hall–Kier alpha value is -1.55. The maximum Gasteiger partial charge on any atom is 0.324 e. The third-order valence-corrected chi connectivity index (χ3v) is 2.04. The van der Waals surface area contributed by atoms with E-state index in [1.807, 2.05) is 24.3 Å². The van der Waals surface area contributed by atoms with Crippen LogP contribution in [-0.2, 0) is 11.3 Å². The monoisotopic (exact) mass is 178 g/mol. The molecule has 0 saturated heterocycles. The van der Waals surface area contributed by atoms with Crippen molar-refractivity contribution in [2.24, 2.45) is 0 Å². The van der Waals surface area contributed by atoms with Gasteiger partial charge in [-0.1, -0.05) is 18.2 Å². The van der Waals surface area contributed by atoms with Crippen LogP contribution in [0.25, 0.3) is 0 Å². The normalized spacial score (nSPS) is 14.3. The highest BCUT2D eigenvalue weighted by Gasteiger charge is 2.19. The highest BCUT2D eigenvalue weighted by molar-refractivity contribution is 5.74. The molecule has 1 aromatic carbocycles. The standard InChI is InChI=1S/C9H10N2O2/c12-9(13)6-11-8-4-2-1-3-7(8)5-10-11/h1-4,10H,5-6H2,(H,12,13). The summed E-state index contributed by atoms with van der Waals surface area (Å²) in [5, 5.41) is 10.3. The molecule has 0 unspecified atom stereocenters. The molecule has 68 valence electrons. The van der Waals surface area contributed by atoms with Crippen molar-refractivity contribution in [2.75, 3.05) is 11.6 Å². The van der Waals surface area contributed by atoms with Crippen LogP contribution < -0.4 is 10.4 Å². The third kappa shape index (κ3) is 1.48. The first-order valence-electron chi connectivity index (χ1n) is 4.08. The van der Waals surface area contributed by atoms with E-state index in [-0.39, 0.29) is 6.54 Å². The van der Waals surface area contributed by atoms with E-state index in [9.17, 15) is 4.79 Å². The van der Waals surface area contributed by atoms with Gasteiger partial charge in [0, 0.05) is 6.54 Å². The van der Waals surface area contributed by atoms with Crippen LogP contribution in [0.1, 0.15) is 5.56 Å². The maximum absolute atomic E-state index is 10.5. The van der Waals surface area contributed by atoms with Gasteiger partial charge in [-0.2, -0.15) is 0 Å². The highest BCUT2D eigenvalue weighted by atomic mass is 16.4. The summed E-state index contributed by atoms with van der Waals surface area (Å²) < 4.78 is 0. The van der Waals surface area contributed by atoms with E-state index in [0.29, 0.717) is 6.54 Å². The molecule has 13 heavy (non-hydrogen) atoms. The van der Waals surface area contributed by atoms with Crippen molar-refractivity contribution < 1.29 is 9.90 Å². The summed E-state index contributed by atoms with van der Waals surface area (Å²) in [6.45, 7) is 0.709. The first-order chi connectivity index (χ1) is 6.27. The van der Waals surface area contributed by atoms with Crippen molar-refractivity contribution >= 4 is 11.7 Å². The Labute approximate surface area is 75.8 Å². The van der Waals surface area contributed by atoms with E-state index in [4.69, 9.17) is 5.11 Å². The average Bonchev–Trinajstić information content (AvgIpc) is 2.48. The van der Waals surface area contributed by atoms with Gasteiger partial charge < -0.3 is 5.11 Å². The predicted molar refractivity (Wildman–Crippen MR) is 48.3 cm³/mol. The van der Waals surface area contributed by atoms with E-state index in [0.717, 1.165) is 11.3 Å². The summed E-state index contributed by atoms with van der Waals surface area (Å²) in [5.41, 5.74) is 5.11. The van der Waals surface area contributed by atoms with E-state index in [2.05, 4.69) is 5.43 Å². The van der Waals surface area contributed by atoms with Crippen LogP contribution in [0.5, 0.6) is 0 Å². The molecule has 4 heteroatoms. The molecule has 0 bridgehead atoms. The molecule has 1 aliphatic heterocycles. The minimum Gasteiger partial charge on any atom is -0.480 e. The Morgan fingerprint density at radius 3 is 3.08 bits per heavy atom. The van der Waals surface area contributed by atoms with E-state index in [1.165, 1.54) is 0 Å². The predicted octanol–water partition coefficient (Wildman–Crippen LogP) is 0.596. The van der Waals surface area contributed by atoms with Crippen LogP contribution in [-0.4, -0.2) is 17.6 Å². The minimum atomic E-state index is -0.829. The number of carboxylic acids is 1. The molecule has 4 nitrogen and oxygen atoms in total. The molecule has 1 aromatic rings. The van der Waals surface area contributed by atoms with Crippen LogP contribution in [0, 0.1) is 0 Å². The Bertz CT molecular complexity index is 338. The fraction of sp³-hybridized carbons (Fsp3) is 0.222. The molecule has 1 aliphatic rings. The van der Waals surface area contributed by atoms with Crippen LogP contribution in [0.2, 0.25) is 0 Å². The Kier molecular flexibility index (Phi) is 1.90. The van der Waals surface area contributed by atoms with Crippen molar-refractivity contribution in [2.45, 2.75) is 6.54 Å². The van der Waals surface area contributed by atoms with Crippen molar-refractivity contribution in [3.63, 3.8) is 0 Å². The first kappa shape index (κ1) is 8.07. The van der Waals surface area contributed by atoms with Crippen molar-refractivity contribution in [3.05, 3.63) is 29.8 Å². The van der Waals surface area contributed by atoms with Crippen LogP contribution in [0.3, 0.4) is 0 Å². The van der Waals surface area contributed by atoms with Gasteiger partial charge in [0.1, 0.15) is 6.54 Å². The number of hydrogen-bond donors (Lipinski definition) is 2. The van der Waals surface area contributed by atoms with Crippen molar-refractivity contribution in [1.29, 1.82) is 0 Å². The summed E-state index contributed by atoms with van der Waals surface area (Å²) in [6.07, 6.45) is 0. The Morgan fingerprint density at radius 2 is 2.31 bits per heavy atom. The summed E-state index contributed by atoms with van der Waals surface area (Å²) in [6, 6.07) is 7.76. The second kappa shape index (κ2) is 3.06. The SMILES string of the molecule is O=C(O)CN1NCc2ccccc21. The number of rotatable bonds is 2. The number of benzene rings is 1. The molecule has 0 aliphatic carbocycles. The smallest absolute Gasteiger partial charge is 0.324 e. The molecule has 2 N–H and O–H groups in total. The highest BCUT2D eigenvalue weighted by Crippen LogP contribution is 2.23. The molecule has 0 saturated carbocycles. The molecule has 0 atom stereocenters. The number of anilines is 1. The number of nitrogens with one attached hydrogen (secondary N) is 1. The number of para-hydroxylation sites is 1. The van der Waals surface area contributed by atoms with Crippen LogP contribution >= 0.6 is 0 Å². The molecular formula is C9H10N2O2. The van der Waals surface area contributed by atoms with Gasteiger partial charge in [-0.3, -0.25) is 9.80 Å². The van der Waals surface area contributed by atoms with E-state index < -0.39 is 5.97 Å². The Morgan fingerprint density at radius 1 is 1.54 bits per heavy atom. The van der Waals surface area contributed by atoms with E-state index >= 15 is 0 Å². The van der Waals surface area contributed by atoms with Crippen LogP contribution in [0.15, 0.2) is 24.3 Å². The minimum absolute atomic E-state index is 0.00296. The fourth-order valence-corrected chi connectivity index (χ4v) is 1.47. The molecule has 2 rings (SSSR count). The summed E-state index contributed by atoms with van der Waals surface area (Å²) in [5.74, 6) is -0.829. The lowest BCUT2D eigenvalue weighted by molar-refractivity contribution is -0.135. The van der Waals surface area contributed by atoms with Gasteiger partial charge in [0.25, 0.3) is 0 Å². The topological polar surface area (TPSA) is 52.6 Å². The molecule has 0 radical (unpaired) electrons. The maximum atomic E-state index is 10.5. The quantitative estimate of drug-likeness (QED) is 0.696. The lowest BCUT2D eigenvalue weighted by Gasteiger charge is -2.15. The van der Waals surface area contributed by atoms with Gasteiger partial charge in [0.05, 0.1) is 5.69 Å². The first-order valence-corrected chi connectivity index (χ1v) is 4.08. The van der Waals surface area contributed by atoms with Gasteiger partial charge in [-0.15, -0.1) is 0 Å². The lowest BCUT2D eigenvalue weighted by Crippen LogP contribution is -2.36. The lowest BCUT2D eigenvalue weighted by atomic mass is 10.2.